The van der Waals surface area contributed by atoms with E-state index in [1.54, 1.807) is 0 Å². The lowest BCUT2D eigenvalue weighted by Gasteiger charge is -2.38. The van der Waals surface area contributed by atoms with Gasteiger partial charge in [0, 0.05) is 43.9 Å². The van der Waals surface area contributed by atoms with Crippen molar-refractivity contribution in [2.75, 3.05) is 13.2 Å². The van der Waals surface area contributed by atoms with E-state index in [1.807, 2.05) is 6.92 Å². The normalized spacial score (nSPS) is 31.1. The van der Waals surface area contributed by atoms with Crippen LogP contribution in [0.1, 0.15) is 142 Å². The molecule has 1 saturated carbocycles. The summed E-state index contributed by atoms with van der Waals surface area (Å²) >= 11 is 0. The van der Waals surface area contributed by atoms with Gasteiger partial charge < -0.3 is 59.9 Å². The first kappa shape index (κ1) is 64.4. The van der Waals surface area contributed by atoms with Crippen LogP contribution in [0.4, 0.5) is 0 Å². The highest BCUT2D eigenvalue weighted by Crippen LogP contribution is 2.50. The third-order valence-corrected chi connectivity index (χ3v) is 13.5. The SMILES string of the molecule is CC/C=C\C/C=C\C/C=C\C/C=C\CCCCCCC(=O)OC[C@@H]1COP(=O)(O)O[C@H]2[C@H](O)[C@@H](O)[C@H](O)[C@@H](CC(=O)CCCCC(=O)O1)[C@@H](O)C[C@@H](O)[C@H](C=C[C@@H](O)CCCCC)[C@@H](O)[C@H]2OP(=O)(O)O. The van der Waals surface area contributed by atoms with Gasteiger partial charge in [-0.15, -0.1) is 0 Å². The average Bonchev–Trinajstić information content (AvgIpc) is 3.31. The summed E-state index contributed by atoms with van der Waals surface area (Å²) in [5.74, 6) is -5.61. The van der Waals surface area contributed by atoms with E-state index in [0.717, 1.165) is 76.4 Å². The van der Waals surface area contributed by atoms with Gasteiger partial charge in [-0.25, -0.2) is 9.13 Å². The van der Waals surface area contributed by atoms with Crippen LogP contribution in [-0.2, 0) is 46.6 Å². The number of allylic oxidation sites excluding steroid dienone is 8. The van der Waals surface area contributed by atoms with Crippen molar-refractivity contribution in [1.29, 1.82) is 0 Å². The van der Waals surface area contributed by atoms with Crippen LogP contribution in [0.2, 0.25) is 0 Å². The predicted molar refractivity (Wildman–Crippen MR) is 262 cm³/mol. The molecule has 0 spiro atoms. The second-order valence-electron chi connectivity index (χ2n) is 18.1. The summed E-state index contributed by atoms with van der Waals surface area (Å²) in [4.78, 5) is 70.0. The number of rotatable bonds is 24. The van der Waals surface area contributed by atoms with Crippen molar-refractivity contribution in [2.24, 2.45) is 11.8 Å². The summed E-state index contributed by atoms with van der Waals surface area (Å²) in [6, 6.07) is 0. The van der Waals surface area contributed by atoms with Crippen LogP contribution in [-0.4, -0.2) is 142 Å². The number of carbonyl (C=O) groups excluding carboxylic acids is 3. The number of fused-ring (bicyclic) bond motifs is 4. The summed E-state index contributed by atoms with van der Waals surface area (Å²) in [6.07, 6.45) is 5.26. The zero-order valence-corrected chi connectivity index (χ0v) is 43.0. The Bertz CT molecular complexity index is 1780. The highest BCUT2D eigenvalue weighted by molar-refractivity contribution is 7.47. The molecule has 1 saturated heterocycles. The lowest BCUT2D eigenvalue weighted by Crippen LogP contribution is -2.56. The van der Waals surface area contributed by atoms with E-state index in [4.69, 9.17) is 23.0 Å². The van der Waals surface area contributed by atoms with Crippen LogP contribution in [0.15, 0.2) is 60.8 Å². The number of carbonyl (C=O) groups is 3. The number of unbranched alkanes of at least 4 members (excludes halogenated alkanes) is 6. The molecule has 408 valence electrons. The number of hydrogen-bond acceptors (Lipinski definition) is 17. The Morgan fingerprint density at radius 3 is 2.08 bits per heavy atom. The molecular weight excluding hydrogens is 970 g/mol. The number of aliphatic hydroxyl groups excluding tert-OH is 7. The number of cyclic esters (lactones) is 1. The zero-order chi connectivity index (χ0) is 52.8. The topological polar surface area (TPSA) is 334 Å². The standard InChI is InChI=1S/C49H82O20P2/c1-3-5-7-8-9-10-11-12-13-14-15-16-17-18-19-20-22-27-42(54)65-33-37-34-66-71(63,64)69-49-47(59)46(58)44(56)39(31-36(51)26-23-24-28-43(55)67-37)41(53)32-40(52)38(30-29-35(50)25-21-6-4-2)45(57)48(49)68-70(60,61)62/h5,7,9-10,12-13,15-16,29-30,35,37-41,44-50,52-53,56-59H,3-4,6,8,11,14,17-28,31-34H2,1-2H3,(H,63,64)(H2,60,61,62)/b7-5-,10-9-,13-12-,16-15-,30-29?/t35-,37+,38-,39-,40+,41-,44+,45+,46-,47+,48+,49-/m0/s1. The Morgan fingerprint density at radius 1 is 0.803 bits per heavy atom. The van der Waals surface area contributed by atoms with Crippen molar-refractivity contribution in [3.63, 3.8) is 0 Å². The van der Waals surface area contributed by atoms with Crippen LogP contribution < -0.4 is 0 Å². The minimum absolute atomic E-state index is 0.00125. The van der Waals surface area contributed by atoms with Crippen molar-refractivity contribution < 1.29 is 97.0 Å². The van der Waals surface area contributed by atoms with Gasteiger partial charge in [0.2, 0.25) is 0 Å². The maximum absolute atomic E-state index is 13.7. The van der Waals surface area contributed by atoms with E-state index in [0.29, 0.717) is 12.8 Å². The van der Waals surface area contributed by atoms with Gasteiger partial charge >= 0.3 is 27.6 Å². The third-order valence-electron chi connectivity index (χ3n) is 12.0. The van der Waals surface area contributed by atoms with E-state index in [2.05, 4.69) is 55.5 Å². The quantitative estimate of drug-likeness (QED) is 0.0250. The number of ketones is 1. The van der Waals surface area contributed by atoms with Crippen LogP contribution in [0, 0.1) is 11.8 Å². The van der Waals surface area contributed by atoms with Gasteiger partial charge in [0.05, 0.1) is 37.1 Å². The zero-order valence-electron chi connectivity index (χ0n) is 41.2. The van der Waals surface area contributed by atoms with Gasteiger partial charge in [-0.2, -0.15) is 0 Å². The number of ether oxygens (including phenoxy) is 2. The van der Waals surface area contributed by atoms with Gasteiger partial charge in [-0.3, -0.25) is 28.0 Å². The van der Waals surface area contributed by atoms with Crippen molar-refractivity contribution in [3.8, 4) is 0 Å². The van der Waals surface area contributed by atoms with Crippen molar-refractivity contribution in [3.05, 3.63) is 60.8 Å². The van der Waals surface area contributed by atoms with E-state index in [1.165, 1.54) is 0 Å². The van der Waals surface area contributed by atoms with Gasteiger partial charge in [0.1, 0.15) is 36.8 Å². The number of esters is 2. The summed E-state index contributed by atoms with van der Waals surface area (Å²) < 4.78 is 52.0. The molecule has 71 heavy (non-hydrogen) atoms. The Kier molecular flexibility index (Phi) is 32.1. The smallest absolute Gasteiger partial charge is 0.462 e. The molecule has 0 aromatic heterocycles. The molecule has 22 heteroatoms. The minimum Gasteiger partial charge on any atom is -0.462 e. The van der Waals surface area contributed by atoms with E-state index < -0.39 is 132 Å². The monoisotopic (exact) mass is 1050 g/mol. The van der Waals surface area contributed by atoms with Crippen molar-refractivity contribution >= 4 is 33.4 Å². The number of hydrogen-bond donors (Lipinski definition) is 10. The van der Waals surface area contributed by atoms with Gasteiger partial charge in [-0.05, 0) is 64.2 Å². The van der Waals surface area contributed by atoms with Gasteiger partial charge in [0.25, 0.3) is 0 Å². The first-order chi connectivity index (χ1) is 33.7. The molecule has 13 atom stereocenters. The molecule has 2 aliphatic rings. The van der Waals surface area contributed by atoms with Crippen molar-refractivity contribution in [2.45, 2.75) is 203 Å². The second-order valence-corrected chi connectivity index (χ2v) is 20.7. The van der Waals surface area contributed by atoms with Gasteiger partial charge in [-0.1, -0.05) is 107 Å². The maximum atomic E-state index is 13.7. The fourth-order valence-corrected chi connectivity index (χ4v) is 9.60. The first-order valence-corrected chi connectivity index (χ1v) is 28.0. The lowest BCUT2D eigenvalue weighted by molar-refractivity contribution is -0.166. The number of aliphatic hydroxyl groups is 7. The molecule has 0 aromatic carbocycles. The summed E-state index contributed by atoms with van der Waals surface area (Å²) in [7, 11) is -11.6. The number of phosphoric acid groups is 2. The Labute approximate surface area is 418 Å². The summed E-state index contributed by atoms with van der Waals surface area (Å²) in [5.41, 5.74) is 0. The summed E-state index contributed by atoms with van der Waals surface area (Å²) in [5, 5.41) is 79.7. The molecular formula is C49H82O20P2. The molecule has 10 N–H and O–H groups in total. The molecule has 1 heterocycles. The molecule has 0 aromatic rings. The van der Waals surface area contributed by atoms with E-state index in [-0.39, 0.29) is 38.5 Å². The lowest BCUT2D eigenvalue weighted by atomic mass is 9.82. The fourth-order valence-electron chi connectivity index (χ4n) is 8.07. The average molecular weight is 1050 g/mol. The van der Waals surface area contributed by atoms with Gasteiger partial charge in [0.15, 0.2) is 6.10 Å². The molecule has 1 aliphatic carbocycles. The predicted octanol–water partition coefficient (Wildman–Crippen LogP) is 5.40. The summed E-state index contributed by atoms with van der Waals surface area (Å²) in [6.45, 7) is 2.33. The fraction of sp³-hybridized carbons (Fsp3) is 0.735. The van der Waals surface area contributed by atoms with E-state index in [9.17, 15) is 73.9 Å². The Morgan fingerprint density at radius 2 is 1.44 bits per heavy atom. The van der Waals surface area contributed by atoms with Crippen LogP contribution in [0.3, 0.4) is 0 Å². The third kappa shape index (κ3) is 27.4. The molecule has 2 bridgehead atoms. The van der Waals surface area contributed by atoms with Crippen molar-refractivity contribution in [1.82, 2.24) is 0 Å². The van der Waals surface area contributed by atoms with E-state index >= 15 is 0 Å². The molecule has 1 unspecified atom stereocenters. The molecule has 20 nitrogen and oxygen atoms in total. The molecule has 2 rings (SSSR count). The second kappa shape index (κ2) is 35.4. The largest absolute Gasteiger partial charge is 0.472 e. The molecule has 2 fully saturated rings. The minimum atomic E-state index is -5.81. The molecule has 1 aliphatic heterocycles. The number of phosphoric ester groups is 2. The Balaban J connectivity index is 2.29. The Hall–Kier alpha value is -2.75. The highest BCUT2D eigenvalue weighted by Gasteiger charge is 2.52. The first-order valence-electron chi connectivity index (χ1n) is 25.0. The molecule has 0 amide bonds. The highest BCUT2D eigenvalue weighted by atomic mass is 31.2. The molecule has 0 radical (unpaired) electrons. The van der Waals surface area contributed by atoms with Crippen LogP contribution in [0.25, 0.3) is 0 Å². The maximum Gasteiger partial charge on any atom is 0.472 e. The number of Topliss-reactive ketones (excluding diaryl/α,β-unsaturated/α-hetero) is 1. The van der Waals surface area contributed by atoms with Crippen LogP contribution in [0.5, 0.6) is 0 Å². The van der Waals surface area contributed by atoms with Crippen LogP contribution >= 0.6 is 15.6 Å².